The van der Waals surface area contributed by atoms with E-state index in [0.29, 0.717) is 10.7 Å². The molecule has 0 spiro atoms. The van der Waals surface area contributed by atoms with Gasteiger partial charge >= 0.3 is 0 Å². The number of rotatable bonds is 5. The van der Waals surface area contributed by atoms with Crippen molar-refractivity contribution in [1.82, 2.24) is 4.98 Å². The molecule has 0 atom stereocenters. The van der Waals surface area contributed by atoms with Gasteiger partial charge in [-0.1, -0.05) is 24.4 Å². The summed E-state index contributed by atoms with van der Waals surface area (Å²) < 4.78 is 5.37. The van der Waals surface area contributed by atoms with Gasteiger partial charge in [0.2, 0.25) is 0 Å². The molecule has 0 amide bonds. The number of methoxy groups -OCH3 is 1. The Morgan fingerprint density at radius 1 is 1.35 bits per heavy atom. The summed E-state index contributed by atoms with van der Waals surface area (Å²) in [6, 6.07) is 11.8. The highest BCUT2D eigenvalue weighted by Crippen LogP contribution is 2.27. The molecule has 0 aliphatic rings. The van der Waals surface area contributed by atoms with Gasteiger partial charge < -0.3 is 15.4 Å². The van der Waals surface area contributed by atoms with E-state index in [-0.39, 0.29) is 0 Å². The number of hydrogen-bond donors (Lipinski definition) is 1. The van der Waals surface area contributed by atoms with Crippen molar-refractivity contribution in [3.8, 4) is 5.75 Å². The van der Waals surface area contributed by atoms with Crippen molar-refractivity contribution in [3.05, 3.63) is 53.9 Å². The average molecular weight is 287 g/mol. The molecular weight excluding hydrogens is 270 g/mol. The van der Waals surface area contributed by atoms with Crippen molar-refractivity contribution >= 4 is 22.9 Å². The van der Waals surface area contributed by atoms with Crippen LogP contribution in [0.3, 0.4) is 0 Å². The molecule has 0 aliphatic heterocycles. The van der Waals surface area contributed by atoms with Gasteiger partial charge in [0.25, 0.3) is 0 Å². The van der Waals surface area contributed by atoms with Gasteiger partial charge in [0.15, 0.2) is 0 Å². The Hall–Kier alpha value is -2.14. The van der Waals surface area contributed by atoms with Crippen molar-refractivity contribution in [3.63, 3.8) is 0 Å². The standard InChI is InChI=1S/C15H17N3OS/c1-18(13-5-3-4-6-14(13)19-2)10-11-7-8-17-12(9-11)15(16)20/h3-9H,10H2,1-2H3,(H2,16,20). The first-order valence-corrected chi connectivity index (χ1v) is 6.61. The summed E-state index contributed by atoms with van der Waals surface area (Å²) in [7, 11) is 3.68. The minimum Gasteiger partial charge on any atom is -0.495 e. The summed E-state index contributed by atoms with van der Waals surface area (Å²) in [5.74, 6) is 0.846. The fourth-order valence-electron chi connectivity index (χ4n) is 2.01. The molecule has 0 saturated carbocycles. The minimum atomic E-state index is 0.312. The molecule has 1 heterocycles. The smallest absolute Gasteiger partial charge is 0.142 e. The zero-order valence-corrected chi connectivity index (χ0v) is 12.4. The summed E-state index contributed by atoms with van der Waals surface area (Å²) in [5, 5.41) is 0. The third kappa shape index (κ3) is 3.24. The predicted octanol–water partition coefficient (Wildman–Crippen LogP) is 2.36. The fraction of sp³-hybridized carbons (Fsp3) is 0.200. The highest BCUT2D eigenvalue weighted by molar-refractivity contribution is 7.80. The predicted molar refractivity (Wildman–Crippen MR) is 85.2 cm³/mol. The van der Waals surface area contributed by atoms with Crippen LogP contribution in [0, 0.1) is 0 Å². The maximum absolute atomic E-state index is 5.61. The van der Waals surface area contributed by atoms with Gasteiger partial charge in [-0.15, -0.1) is 0 Å². The van der Waals surface area contributed by atoms with Crippen LogP contribution in [0.25, 0.3) is 0 Å². The summed E-state index contributed by atoms with van der Waals surface area (Å²) in [4.78, 5) is 6.56. The van der Waals surface area contributed by atoms with Crippen LogP contribution in [0.5, 0.6) is 5.75 Å². The molecule has 104 valence electrons. The largest absolute Gasteiger partial charge is 0.495 e. The van der Waals surface area contributed by atoms with Gasteiger partial charge in [0.1, 0.15) is 10.7 Å². The molecule has 20 heavy (non-hydrogen) atoms. The Balaban J connectivity index is 2.21. The molecule has 2 aromatic rings. The van der Waals surface area contributed by atoms with Crippen LogP contribution in [0.1, 0.15) is 11.3 Å². The second-order valence-corrected chi connectivity index (χ2v) is 4.88. The first kappa shape index (κ1) is 14.3. The molecule has 4 nitrogen and oxygen atoms in total. The number of anilines is 1. The molecule has 0 fully saturated rings. The van der Waals surface area contributed by atoms with E-state index >= 15 is 0 Å². The van der Waals surface area contributed by atoms with Crippen LogP contribution in [0.2, 0.25) is 0 Å². The van der Waals surface area contributed by atoms with E-state index in [1.165, 1.54) is 0 Å². The molecule has 1 aromatic carbocycles. The first-order valence-electron chi connectivity index (χ1n) is 6.20. The van der Waals surface area contributed by atoms with Crippen molar-refractivity contribution in [1.29, 1.82) is 0 Å². The summed E-state index contributed by atoms with van der Waals surface area (Å²) in [6.45, 7) is 0.721. The number of para-hydroxylation sites is 2. The Morgan fingerprint density at radius 3 is 2.80 bits per heavy atom. The first-order chi connectivity index (χ1) is 9.61. The highest BCUT2D eigenvalue weighted by Gasteiger charge is 2.08. The number of pyridine rings is 1. The number of thiocarbonyl (C=S) groups is 1. The van der Waals surface area contributed by atoms with E-state index in [4.69, 9.17) is 22.7 Å². The Bertz CT molecular complexity index is 616. The van der Waals surface area contributed by atoms with Crippen molar-refractivity contribution < 1.29 is 4.74 Å². The van der Waals surface area contributed by atoms with Gasteiger partial charge in [-0.25, -0.2) is 0 Å². The van der Waals surface area contributed by atoms with Crippen LogP contribution in [0.4, 0.5) is 5.69 Å². The van der Waals surface area contributed by atoms with Crippen LogP contribution >= 0.6 is 12.2 Å². The zero-order valence-electron chi connectivity index (χ0n) is 11.5. The molecule has 0 radical (unpaired) electrons. The number of aromatic nitrogens is 1. The lowest BCUT2D eigenvalue weighted by atomic mass is 10.2. The molecule has 2 rings (SSSR count). The third-order valence-corrected chi connectivity index (χ3v) is 3.20. The Kier molecular flexibility index (Phi) is 4.53. The lowest BCUT2D eigenvalue weighted by molar-refractivity contribution is 0.415. The normalized spacial score (nSPS) is 10.1. The molecule has 0 bridgehead atoms. The lowest BCUT2D eigenvalue weighted by Crippen LogP contribution is -2.18. The quantitative estimate of drug-likeness (QED) is 0.856. The number of nitrogens with zero attached hydrogens (tertiary/aromatic N) is 2. The van der Waals surface area contributed by atoms with Crippen LogP contribution in [-0.4, -0.2) is 24.1 Å². The molecule has 0 unspecified atom stereocenters. The lowest BCUT2D eigenvalue weighted by Gasteiger charge is -2.21. The maximum Gasteiger partial charge on any atom is 0.142 e. The molecule has 1 aromatic heterocycles. The summed E-state index contributed by atoms with van der Waals surface area (Å²) in [5.41, 5.74) is 8.37. The van der Waals surface area contributed by atoms with Gasteiger partial charge in [0, 0.05) is 19.8 Å². The molecule has 0 saturated heterocycles. The van der Waals surface area contributed by atoms with E-state index in [0.717, 1.165) is 23.5 Å². The molecule has 2 N–H and O–H groups in total. The molecule has 0 aliphatic carbocycles. The second kappa shape index (κ2) is 6.34. The maximum atomic E-state index is 5.61. The molecular formula is C15H17N3OS. The highest BCUT2D eigenvalue weighted by atomic mass is 32.1. The van der Waals surface area contributed by atoms with Crippen molar-refractivity contribution in [2.75, 3.05) is 19.1 Å². The van der Waals surface area contributed by atoms with Gasteiger partial charge in [0.05, 0.1) is 18.5 Å². The van der Waals surface area contributed by atoms with Crippen LogP contribution < -0.4 is 15.4 Å². The van der Waals surface area contributed by atoms with Gasteiger partial charge in [-0.3, -0.25) is 4.98 Å². The topological polar surface area (TPSA) is 51.4 Å². The zero-order chi connectivity index (χ0) is 14.5. The van der Waals surface area contributed by atoms with Crippen LogP contribution in [-0.2, 0) is 6.54 Å². The van der Waals surface area contributed by atoms with Crippen molar-refractivity contribution in [2.24, 2.45) is 5.73 Å². The average Bonchev–Trinajstić information content (AvgIpc) is 2.47. The summed E-state index contributed by atoms with van der Waals surface area (Å²) in [6.07, 6.45) is 1.72. The van der Waals surface area contributed by atoms with Gasteiger partial charge in [-0.05, 0) is 29.8 Å². The van der Waals surface area contributed by atoms with E-state index in [1.54, 1.807) is 13.3 Å². The Morgan fingerprint density at radius 2 is 2.10 bits per heavy atom. The minimum absolute atomic E-state index is 0.312. The van der Waals surface area contributed by atoms with E-state index in [1.807, 2.05) is 43.4 Å². The number of hydrogen-bond acceptors (Lipinski definition) is 4. The van der Waals surface area contributed by atoms with Crippen LogP contribution in [0.15, 0.2) is 42.6 Å². The van der Waals surface area contributed by atoms with Crippen molar-refractivity contribution in [2.45, 2.75) is 6.54 Å². The van der Waals surface area contributed by atoms with Gasteiger partial charge in [-0.2, -0.15) is 0 Å². The number of benzene rings is 1. The van der Waals surface area contributed by atoms with E-state index in [9.17, 15) is 0 Å². The number of nitrogens with two attached hydrogens (primary N) is 1. The fourth-order valence-corrected chi connectivity index (χ4v) is 2.12. The number of ether oxygens (including phenoxy) is 1. The van der Waals surface area contributed by atoms with E-state index < -0.39 is 0 Å². The third-order valence-electron chi connectivity index (χ3n) is 2.99. The Labute approximate surface area is 124 Å². The van der Waals surface area contributed by atoms with E-state index in [2.05, 4.69) is 9.88 Å². The molecule has 5 heteroatoms. The monoisotopic (exact) mass is 287 g/mol. The SMILES string of the molecule is COc1ccccc1N(C)Cc1ccnc(C(N)=S)c1. The second-order valence-electron chi connectivity index (χ2n) is 4.44. The summed E-state index contributed by atoms with van der Waals surface area (Å²) >= 11 is 4.95.